The van der Waals surface area contributed by atoms with Gasteiger partial charge in [-0.1, -0.05) is 30.1 Å². The van der Waals surface area contributed by atoms with Gasteiger partial charge in [0.1, 0.15) is 5.82 Å². The minimum Gasteiger partial charge on any atom is -0.313 e. The zero-order valence-corrected chi connectivity index (χ0v) is 13.4. The van der Waals surface area contributed by atoms with Gasteiger partial charge in [-0.15, -0.1) is 0 Å². The standard InChI is InChI=1S/C15H21Cl2FN2/c1-3-20(9-11-5-4-6-19-11)10(2)12-7-15(18)14(17)8-13(12)16/h7-8,10-11,19H,3-6,9H2,1-2H3. The lowest BCUT2D eigenvalue weighted by Gasteiger charge is -2.31. The molecule has 5 heteroatoms. The van der Waals surface area contributed by atoms with Crippen LogP contribution in [0.1, 0.15) is 38.3 Å². The van der Waals surface area contributed by atoms with Crippen molar-refractivity contribution in [3.63, 3.8) is 0 Å². The third-order valence-electron chi connectivity index (χ3n) is 4.06. The van der Waals surface area contributed by atoms with E-state index in [2.05, 4.69) is 24.1 Å². The molecular formula is C15H21Cl2FN2. The molecular weight excluding hydrogens is 298 g/mol. The molecule has 1 N–H and O–H groups in total. The Hall–Kier alpha value is -0.350. The molecule has 1 aliphatic rings. The molecule has 2 rings (SSSR count). The first-order valence-electron chi connectivity index (χ1n) is 7.14. The Balaban J connectivity index is 2.14. The first-order chi connectivity index (χ1) is 9.52. The Bertz CT molecular complexity index is 461. The first-order valence-corrected chi connectivity index (χ1v) is 7.90. The fourth-order valence-electron chi connectivity index (χ4n) is 2.81. The zero-order chi connectivity index (χ0) is 14.7. The molecule has 112 valence electrons. The van der Waals surface area contributed by atoms with Gasteiger partial charge in [0.05, 0.1) is 5.02 Å². The monoisotopic (exact) mass is 318 g/mol. The summed E-state index contributed by atoms with van der Waals surface area (Å²) in [6.07, 6.45) is 2.43. The molecule has 2 atom stereocenters. The summed E-state index contributed by atoms with van der Waals surface area (Å²) in [5, 5.41) is 4.10. The number of nitrogens with one attached hydrogen (secondary N) is 1. The van der Waals surface area contributed by atoms with Gasteiger partial charge in [-0.3, -0.25) is 4.90 Å². The third kappa shape index (κ3) is 3.64. The maximum Gasteiger partial charge on any atom is 0.142 e. The van der Waals surface area contributed by atoms with Crippen molar-refractivity contribution in [2.75, 3.05) is 19.6 Å². The van der Waals surface area contributed by atoms with Gasteiger partial charge in [0.15, 0.2) is 0 Å². The van der Waals surface area contributed by atoms with Gasteiger partial charge in [0, 0.05) is 23.7 Å². The van der Waals surface area contributed by atoms with Crippen LogP contribution >= 0.6 is 23.2 Å². The summed E-state index contributed by atoms with van der Waals surface area (Å²) in [4.78, 5) is 2.32. The number of rotatable bonds is 5. The Morgan fingerprint density at radius 3 is 2.75 bits per heavy atom. The number of nitrogens with zero attached hydrogens (tertiary/aromatic N) is 1. The Morgan fingerprint density at radius 2 is 2.15 bits per heavy atom. The summed E-state index contributed by atoms with van der Waals surface area (Å²) in [5.41, 5.74) is 0.799. The molecule has 1 fully saturated rings. The van der Waals surface area contributed by atoms with Crippen molar-refractivity contribution in [3.05, 3.63) is 33.6 Å². The predicted molar refractivity (Wildman–Crippen MR) is 83.1 cm³/mol. The van der Waals surface area contributed by atoms with E-state index < -0.39 is 5.82 Å². The SMILES string of the molecule is CCN(CC1CCCN1)C(C)c1cc(F)c(Cl)cc1Cl. The van der Waals surface area contributed by atoms with Gasteiger partial charge in [0.25, 0.3) is 0 Å². The molecule has 0 saturated carbocycles. The lowest BCUT2D eigenvalue weighted by molar-refractivity contribution is 0.202. The molecule has 0 amide bonds. The fourth-order valence-corrected chi connectivity index (χ4v) is 3.35. The fraction of sp³-hybridized carbons (Fsp3) is 0.600. The number of likely N-dealkylation sites (N-methyl/N-ethyl adjacent to an activating group) is 1. The smallest absolute Gasteiger partial charge is 0.142 e. The third-order valence-corrected chi connectivity index (χ3v) is 4.68. The van der Waals surface area contributed by atoms with Crippen LogP contribution in [0.3, 0.4) is 0 Å². The molecule has 20 heavy (non-hydrogen) atoms. The van der Waals surface area contributed by atoms with Crippen LogP contribution in [-0.2, 0) is 0 Å². The van der Waals surface area contributed by atoms with Crippen LogP contribution in [0, 0.1) is 5.82 Å². The van der Waals surface area contributed by atoms with Gasteiger partial charge in [0.2, 0.25) is 0 Å². The maximum atomic E-state index is 13.7. The van der Waals surface area contributed by atoms with Crippen LogP contribution in [0.2, 0.25) is 10.0 Å². The quantitative estimate of drug-likeness (QED) is 0.816. The van der Waals surface area contributed by atoms with Crippen LogP contribution < -0.4 is 5.32 Å². The minimum absolute atomic E-state index is 0.0710. The molecule has 1 aliphatic heterocycles. The van der Waals surface area contributed by atoms with E-state index in [4.69, 9.17) is 23.2 Å². The Kier molecular flexibility index (Phi) is 5.67. The molecule has 1 aromatic rings. The molecule has 0 aromatic heterocycles. The highest BCUT2D eigenvalue weighted by Gasteiger charge is 2.23. The normalized spacial score (nSPS) is 20.6. The van der Waals surface area contributed by atoms with Crippen LogP contribution in [0.25, 0.3) is 0 Å². The van der Waals surface area contributed by atoms with E-state index in [-0.39, 0.29) is 11.1 Å². The van der Waals surface area contributed by atoms with E-state index in [1.807, 2.05) is 0 Å². The first kappa shape index (κ1) is 16.0. The van der Waals surface area contributed by atoms with E-state index in [0.29, 0.717) is 11.1 Å². The number of hydrogen-bond donors (Lipinski definition) is 1. The number of halogens is 3. The van der Waals surface area contributed by atoms with Gasteiger partial charge >= 0.3 is 0 Å². The van der Waals surface area contributed by atoms with Crippen molar-refractivity contribution in [1.82, 2.24) is 10.2 Å². The molecule has 0 aliphatic carbocycles. The van der Waals surface area contributed by atoms with E-state index in [1.54, 1.807) is 0 Å². The van der Waals surface area contributed by atoms with Gasteiger partial charge in [-0.25, -0.2) is 4.39 Å². The highest BCUT2D eigenvalue weighted by molar-refractivity contribution is 6.35. The lowest BCUT2D eigenvalue weighted by atomic mass is 10.1. The maximum absolute atomic E-state index is 13.7. The molecule has 0 bridgehead atoms. The second-order valence-electron chi connectivity index (χ2n) is 5.34. The van der Waals surface area contributed by atoms with Crippen molar-refractivity contribution < 1.29 is 4.39 Å². The van der Waals surface area contributed by atoms with Crippen LogP contribution in [0.5, 0.6) is 0 Å². The summed E-state index contributed by atoms with van der Waals surface area (Å²) < 4.78 is 13.7. The van der Waals surface area contributed by atoms with Crippen LogP contribution in [-0.4, -0.2) is 30.6 Å². The Labute approximate surface area is 130 Å². The van der Waals surface area contributed by atoms with Crippen molar-refractivity contribution >= 4 is 23.2 Å². The highest BCUT2D eigenvalue weighted by Crippen LogP contribution is 2.31. The van der Waals surface area contributed by atoms with E-state index in [1.165, 1.54) is 25.0 Å². The molecule has 2 unspecified atom stereocenters. The second-order valence-corrected chi connectivity index (χ2v) is 6.16. The highest BCUT2D eigenvalue weighted by atomic mass is 35.5. The number of hydrogen-bond acceptors (Lipinski definition) is 2. The van der Waals surface area contributed by atoms with Crippen molar-refractivity contribution in [2.24, 2.45) is 0 Å². The van der Waals surface area contributed by atoms with Gasteiger partial charge < -0.3 is 5.32 Å². The van der Waals surface area contributed by atoms with Crippen LogP contribution in [0.15, 0.2) is 12.1 Å². The van der Waals surface area contributed by atoms with E-state index in [0.717, 1.165) is 25.2 Å². The largest absolute Gasteiger partial charge is 0.313 e. The lowest BCUT2D eigenvalue weighted by Crippen LogP contribution is -2.38. The summed E-state index contributed by atoms with van der Waals surface area (Å²) in [5.74, 6) is -0.409. The van der Waals surface area contributed by atoms with Crippen molar-refractivity contribution in [3.8, 4) is 0 Å². The molecule has 0 spiro atoms. The summed E-state index contributed by atoms with van der Waals surface area (Å²) >= 11 is 12.0. The summed E-state index contributed by atoms with van der Waals surface area (Å²) in [6, 6.07) is 3.54. The average Bonchev–Trinajstić information content (AvgIpc) is 2.92. The molecule has 1 heterocycles. The molecule has 1 saturated heterocycles. The number of benzene rings is 1. The van der Waals surface area contributed by atoms with Gasteiger partial charge in [-0.05, 0) is 50.6 Å². The molecule has 0 radical (unpaired) electrons. The van der Waals surface area contributed by atoms with E-state index >= 15 is 0 Å². The van der Waals surface area contributed by atoms with Crippen molar-refractivity contribution in [1.29, 1.82) is 0 Å². The van der Waals surface area contributed by atoms with Crippen molar-refractivity contribution in [2.45, 2.75) is 38.8 Å². The predicted octanol–water partition coefficient (Wildman–Crippen LogP) is 4.27. The van der Waals surface area contributed by atoms with Crippen LogP contribution in [0.4, 0.5) is 4.39 Å². The van der Waals surface area contributed by atoms with Gasteiger partial charge in [-0.2, -0.15) is 0 Å². The minimum atomic E-state index is -0.409. The molecule has 1 aromatic carbocycles. The topological polar surface area (TPSA) is 15.3 Å². The van der Waals surface area contributed by atoms with E-state index in [9.17, 15) is 4.39 Å². The molecule has 2 nitrogen and oxygen atoms in total. The second kappa shape index (κ2) is 7.08. The summed E-state index contributed by atoms with van der Waals surface area (Å²) in [7, 11) is 0. The Morgan fingerprint density at radius 1 is 1.40 bits per heavy atom. The average molecular weight is 319 g/mol. The zero-order valence-electron chi connectivity index (χ0n) is 11.9. The summed E-state index contributed by atoms with van der Waals surface area (Å²) in [6.45, 7) is 7.13.